The van der Waals surface area contributed by atoms with Crippen LogP contribution in [-0.4, -0.2) is 29.3 Å². The zero-order valence-electron chi connectivity index (χ0n) is 12.4. The maximum atomic E-state index is 12.5. The predicted octanol–water partition coefficient (Wildman–Crippen LogP) is 3.86. The van der Waals surface area contributed by atoms with E-state index < -0.39 is 5.54 Å². The van der Waals surface area contributed by atoms with Gasteiger partial charge in [-0.1, -0.05) is 31.9 Å². The van der Waals surface area contributed by atoms with E-state index >= 15 is 0 Å². The van der Waals surface area contributed by atoms with Crippen LogP contribution in [0.15, 0.2) is 26.8 Å². The number of amides is 1. The van der Waals surface area contributed by atoms with E-state index in [0.29, 0.717) is 30.6 Å². The lowest BCUT2D eigenvalue weighted by atomic mass is 9.85. The minimum atomic E-state index is -0.701. The summed E-state index contributed by atoms with van der Waals surface area (Å²) in [5, 5.41) is 13.8. The number of hydrogen-bond acceptors (Lipinski definition) is 3. The molecule has 2 atom stereocenters. The molecule has 0 aromatic heterocycles. The smallest absolute Gasteiger partial charge is 0.256 e. The fourth-order valence-electron chi connectivity index (χ4n) is 3.27. The van der Waals surface area contributed by atoms with E-state index in [1.807, 2.05) is 26.0 Å². The Morgan fingerprint density at radius 3 is 2.59 bits per heavy atom. The number of benzene rings is 1. The van der Waals surface area contributed by atoms with Crippen LogP contribution < -0.4 is 5.32 Å². The summed E-state index contributed by atoms with van der Waals surface area (Å²) in [5.41, 5.74) is 1.40. The van der Waals surface area contributed by atoms with Crippen LogP contribution in [-0.2, 0) is 9.53 Å². The molecule has 118 valence electrons. The molecule has 1 saturated heterocycles. The van der Waals surface area contributed by atoms with Gasteiger partial charge in [-0.3, -0.25) is 4.79 Å². The van der Waals surface area contributed by atoms with Gasteiger partial charge < -0.3 is 15.2 Å². The van der Waals surface area contributed by atoms with Gasteiger partial charge in [0.15, 0.2) is 0 Å². The van der Waals surface area contributed by atoms with Crippen molar-refractivity contribution in [3.8, 4) is 0 Å². The summed E-state index contributed by atoms with van der Waals surface area (Å²) in [6, 6.07) is 3.87. The Hall–Kier alpha value is -0.850. The van der Waals surface area contributed by atoms with Gasteiger partial charge in [-0.15, -0.1) is 0 Å². The molecule has 2 aliphatic rings. The quantitative estimate of drug-likeness (QED) is 0.711. The lowest BCUT2D eigenvalue weighted by Gasteiger charge is -2.36. The SMILES string of the molecule is Cc1cc(Br)c(C2=C(O)C3(CCOC(C)C3)NC2=O)c(Br)c1. The number of aliphatic hydroxyl groups is 1. The first-order valence-electron chi connectivity index (χ1n) is 7.18. The molecule has 22 heavy (non-hydrogen) atoms. The fraction of sp³-hybridized carbons (Fsp3) is 0.438. The number of carbonyl (C=O) groups is 1. The number of carbonyl (C=O) groups excluding carboxylic acids is 1. The van der Waals surface area contributed by atoms with Crippen LogP contribution in [0.5, 0.6) is 0 Å². The summed E-state index contributed by atoms with van der Waals surface area (Å²) in [7, 11) is 0. The van der Waals surface area contributed by atoms with E-state index in [9.17, 15) is 9.90 Å². The number of halogens is 2. The van der Waals surface area contributed by atoms with Gasteiger partial charge in [0.1, 0.15) is 11.3 Å². The highest BCUT2D eigenvalue weighted by molar-refractivity contribution is 9.11. The Bertz CT molecular complexity index is 663. The number of ether oxygens (including phenoxy) is 1. The zero-order chi connectivity index (χ0) is 16.1. The normalized spacial score (nSPS) is 28.4. The van der Waals surface area contributed by atoms with Crippen molar-refractivity contribution >= 4 is 43.3 Å². The summed E-state index contributed by atoms with van der Waals surface area (Å²) < 4.78 is 7.12. The molecule has 1 spiro atoms. The van der Waals surface area contributed by atoms with Crippen molar-refractivity contribution in [1.29, 1.82) is 0 Å². The molecule has 1 fully saturated rings. The summed E-state index contributed by atoms with van der Waals surface area (Å²) in [6.45, 7) is 4.45. The maximum absolute atomic E-state index is 12.5. The number of rotatable bonds is 1. The number of aliphatic hydroxyl groups excluding tert-OH is 1. The van der Waals surface area contributed by atoms with Crippen LogP contribution in [0.25, 0.3) is 5.57 Å². The third-order valence-corrected chi connectivity index (χ3v) is 5.52. The molecule has 1 aromatic carbocycles. The van der Waals surface area contributed by atoms with Crippen LogP contribution in [0.3, 0.4) is 0 Å². The summed E-state index contributed by atoms with van der Waals surface area (Å²) in [6.07, 6.45) is 1.16. The fourth-order valence-corrected chi connectivity index (χ4v) is 5.08. The minimum Gasteiger partial charge on any atom is -0.509 e. The molecule has 2 aliphatic heterocycles. The van der Waals surface area contributed by atoms with Gasteiger partial charge in [0.2, 0.25) is 0 Å². The van der Waals surface area contributed by atoms with Crippen LogP contribution in [0.4, 0.5) is 0 Å². The molecular formula is C16H17Br2NO3. The number of hydrogen-bond donors (Lipinski definition) is 2. The van der Waals surface area contributed by atoms with E-state index in [2.05, 4.69) is 37.2 Å². The first-order chi connectivity index (χ1) is 10.3. The van der Waals surface area contributed by atoms with Gasteiger partial charge in [0.25, 0.3) is 5.91 Å². The second kappa shape index (κ2) is 5.65. The molecule has 0 bridgehead atoms. The molecule has 2 unspecified atom stereocenters. The van der Waals surface area contributed by atoms with Gasteiger partial charge in [-0.25, -0.2) is 0 Å². The Morgan fingerprint density at radius 1 is 1.36 bits per heavy atom. The topological polar surface area (TPSA) is 58.6 Å². The Labute approximate surface area is 146 Å². The van der Waals surface area contributed by atoms with E-state index in [1.54, 1.807) is 0 Å². The lowest BCUT2D eigenvalue weighted by molar-refractivity contribution is -0.117. The third-order valence-electron chi connectivity index (χ3n) is 4.27. The third kappa shape index (κ3) is 2.51. The van der Waals surface area contributed by atoms with Crippen molar-refractivity contribution in [2.75, 3.05) is 6.61 Å². The van der Waals surface area contributed by atoms with Gasteiger partial charge in [0.05, 0.1) is 11.7 Å². The van der Waals surface area contributed by atoms with Crippen LogP contribution >= 0.6 is 31.9 Å². The van der Waals surface area contributed by atoms with Gasteiger partial charge in [-0.05, 0) is 31.5 Å². The monoisotopic (exact) mass is 429 g/mol. The number of nitrogens with one attached hydrogen (secondary N) is 1. The first kappa shape index (κ1) is 16.0. The van der Waals surface area contributed by atoms with Crippen molar-refractivity contribution in [1.82, 2.24) is 5.32 Å². The maximum Gasteiger partial charge on any atom is 0.256 e. The van der Waals surface area contributed by atoms with Crippen molar-refractivity contribution in [3.05, 3.63) is 38.0 Å². The largest absolute Gasteiger partial charge is 0.509 e. The lowest BCUT2D eigenvalue weighted by Crippen LogP contribution is -2.50. The highest BCUT2D eigenvalue weighted by atomic mass is 79.9. The van der Waals surface area contributed by atoms with Gasteiger partial charge >= 0.3 is 0 Å². The second-order valence-electron chi connectivity index (χ2n) is 6.00. The molecule has 6 heteroatoms. The molecule has 2 N–H and O–H groups in total. The van der Waals surface area contributed by atoms with Crippen molar-refractivity contribution in [2.45, 2.75) is 38.3 Å². The van der Waals surface area contributed by atoms with E-state index in [1.165, 1.54) is 0 Å². The summed E-state index contributed by atoms with van der Waals surface area (Å²) in [4.78, 5) is 12.5. The van der Waals surface area contributed by atoms with Crippen LogP contribution in [0.1, 0.15) is 30.9 Å². The summed E-state index contributed by atoms with van der Waals surface area (Å²) >= 11 is 7.01. The first-order valence-corrected chi connectivity index (χ1v) is 8.76. The second-order valence-corrected chi connectivity index (χ2v) is 7.71. The molecule has 1 aromatic rings. The molecule has 0 aliphatic carbocycles. The van der Waals surface area contributed by atoms with Gasteiger partial charge in [-0.2, -0.15) is 0 Å². The molecule has 2 heterocycles. The molecule has 3 rings (SSSR count). The Morgan fingerprint density at radius 2 is 2.00 bits per heavy atom. The Kier molecular flexibility index (Phi) is 4.12. The van der Waals surface area contributed by atoms with Crippen LogP contribution in [0.2, 0.25) is 0 Å². The predicted molar refractivity (Wildman–Crippen MR) is 91.6 cm³/mol. The average Bonchev–Trinajstić information content (AvgIpc) is 2.62. The van der Waals surface area contributed by atoms with E-state index in [0.717, 1.165) is 14.5 Å². The highest BCUT2D eigenvalue weighted by Crippen LogP contribution is 2.43. The Balaban J connectivity index is 2.14. The van der Waals surface area contributed by atoms with E-state index in [4.69, 9.17) is 4.74 Å². The molecule has 0 radical (unpaired) electrons. The number of aryl methyl sites for hydroxylation is 1. The zero-order valence-corrected chi connectivity index (χ0v) is 15.5. The van der Waals surface area contributed by atoms with E-state index in [-0.39, 0.29) is 17.8 Å². The molecule has 4 nitrogen and oxygen atoms in total. The summed E-state index contributed by atoms with van der Waals surface area (Å²) in [5.74, 6) is -0.116. The standard InChI is InChI=1S/C16H17Br2NO3/c1-8-5-10(17)12(11(18)6-8)13-14(20)16(19-15(13)21)3-4-22-9(2)7-16/h5-6,9,20H,3-4,7H2,1-2H3,(H,19,21). The van der Waals surface area contributed by atoms with Crippen molar-refractivity contribution in [3.63, 3.8) is 0 Å². The molecule has 0 saturated carbocycles. The highest BCUT2D eigenvalue weighted by Gasteiger charge is 2.49. The van der Waals surface area contributed by atoms with Gasteiger partial charge in [0, 0.05) is 34.0 Å². The van der Waals surface area contributed by atoms with Crippen molar-refractivity contribution < 1.29 is 14.6 Å². The van der Waals surface area contributed by atoms with Crippen molar-refractivity contribution in [2.24, 2.45) is 0 Å². The van der Waals surface area contributed by atoms with Crippen LogP contribution in [0, 0.1) is 6.92 Å². The molecule has 1 amide bonds. The average molecular weight is 431 g/mol. The minimum absolute atomic E-state index is 0.000416. The molecular weight excluding hydrogens is 414 g/mol.